The molecule has 18 heavy (non-hydrogen) atoms. The van der Waals surface area contributed by atoms with Gasteiger partial charge >= 0.3 is 0 Å². The van der Waals surface area contributed by atoms with Gasteiger partial charge in [0.25, 0.3) is 5.56 Å². The number of hydrogen-bond acceptors (Lipinski definition) is 3. The van der Waals surface area contributed by atoms with Gasteiger partial charge in [0.1, 0.15) is 5.52 Å². The molecule has 0 aliphatic rings. The number of fused-ring (bicyclic) bond motifs is 1. The highest BCUT2D eigenvalue weighted by atomic mass is 16.1. The molecule has 5 nitrogen and oxygen atoms in total. The van der Waals surface area contributed by atoms with E-state index in [1.54, 1.807) is 15.3 Å². The molecule has 2 aromatic rings. The number of nitrogens with two attached hydrogens (primary N) is 1. The van der Waals surface area contributed by atoms with Gasteiger partial charge in [-0.2, -0.15) is 5.10 Å². The fourth-order valence-electron chi connectivity index (χ4n) is 2.07. The molecule has 1 atom stereocenters. The van der Waals surface area contributed by atoms with E-state index in [1.165, 1.54) is 0 Å². The Kier molecular flexibility index (Phi) is 3.81. The number of rotatable bonds is 5. The van der Waals surface area contributed by atoms with Gasteiger partial charge in [0.05, 0.1) is 5.69 Å². The van der Waals surface area contributed by atoms with E-state index in [1.807, 2.05) is 26.1 Å². The van der Waals surface area contributed by atoms with Crippen molar-refractivity contribution in [3.63, 3.8) is 0 Å². The molecule has 5 heteroatoms. The lowest BCUT2D eigenvalue weighted by atomic mass is 10.1. The largest absolute Gasteiger partial charge is 0.328 e. The summed E-state index contributed by atoms with van der Waals surface area (Å²) in [5.41, 5.74) is 7.23. The van der Waals surface area contributed by atoms with E-state index >= 15 is 0 Å². The summed E-state index contributed by atoms with van der Waals surface area (Å²) in [6.07, 6.45) is 6.66. The van der Waals surface area contributed by atoms with Crippen LogP contribution in [0.3, 0.4) is 0 Å². The van der Waals surface area contributed by atoms with Crippen molar-refractivity contribution >= 4 is 5.52 Å². The van der Waals surface area contributed by atoms with Crippen molar-refractivity contribution in [2.24, 2.45) is 5.73 Å². The number of aromatic nitrogens is 3. The van der Waals surface area contributed by atoms with Crippen LogP contribution in [0.15, 0.2) is 23.3 Å². The Balaban J connectivity index is 2.09. The lowest BCUT2D eigenvalue weighted by Gasteiger charge is -2.07. The Morgan fingerprint density at radius 3 is 2.89 bits per heavy atom. The highest BCUT2D eigenvalue weighted by Gasteiger charge is 2.05. The summed E-state index contributed by atoms with van der Waals surface area (Å²) in [6, 6.07) is 2.06. The second kappa shape index (κ2) is 5.35. The molecule has 0 spiro atoms. The van der Waals surface area contributed by atoms with E-state index < -0.39 is 0 Å². The SMILES string of the molecule is Cc1cc2c(=O)n(CCCCC(C)N)ccn2n1. The summed E-state index contributed by atoms with van der Waals surface area (Å²) in [5.74, 6) is 0. The second-order valence-corrected chi connectivity index (χ2v) is 4.89. The van der Waals surface area contributed by atoms with Crippen molar-refractivity contribution in [3.05, 3.63) is 34.5 Å². The third kappa shape index (κ3) is 2.79. The Bertz CT molecular complexity index is 582. The van der Waals surface area contributed by atoms with Crippen LogP contribution >= 0.6 is 0 Å². The average Bonchev–Trinajstić information content (AvgIpc) is 2.68. The topological polar surface area (TPSA) is 65.3 Å². The van der Waals surface area contributed by atoms with Gasteiger partial charge in [0.15, 0.2) is 0 Å². The zero-order valence-corrected chi connectivity index (χ0v) is 11.0. The fourth-order valence-corrected chi connectivity index (χ4v) is 2.07. The first-order chi connectivity index (χ1) is 8.58. The molecule has 2 N–H and O–H groups in total. The van der Waals surface area contributed by atoms with Gasteiger partial charge in [-0.3, -0.25) is 4.79 Å². The average molecular weight is 248 g/mol. The number of hydrogen-bond donors (Lipinski definition) is 1. The summed E-state index contributed by atoms with van der Waals surface area (Å²) in [4.78, 5) is 12.1. The van der Waals surface area contributed by atoms with Crippen molar-refractivity contribution in [2.75, 3.05) is 0 Å². The van der Waals surface area contributed by atoms with E-state index in [0.29, 0.717) is 5.52 Å². The Morgan fingerprint density at radius 2 is 2.17 bits per heavy atom. The minimum absolute atomic E-state index is 0.0268. The first kappa shape index (κ1) is 12.8. The van der Waals surface area contributed by atoms with Gasteiger partial charge in [0, 0.05) is 25.0 Å². The smallest absolute Gasteiger partial charge is 0.276 e. The zero-order valence-electron chi connectivity index (χ0n) is 11.0. The van der Waals surface area contributed by atoms with E-state index in [-0.39, 0.29) is 11.6 Å². The summed E-state index contributed by atoms with van der Waals surface area (Å²) in [7, 11) is 0. The molecule has 2 heterocycles. The van der Waals surface area contributed by atoms with Gasteiger partial charge in [-0.15, -0.1) is 0 Å². The molecule has 0 radical (unpaired) electrons. The maximum Gasteiger partial charge on any atom is 0.276 e. The van der Waals surface area contributed by atoms with Gasteiger partial charge in [-0.1, -0.05) is 6.42 Å². The minimum atomic E-state index is 0.0268. The molecule has 0 saturated heterocycles. The van der Waals surface area contributed by atoms with Gasteiger partial charge in [-0.05, 0) is 32.8 Å². The maximum absolute atomic E-state index is 12.1. The van der Waals surface area contributed by atoms with Crippen LogP contribution in [0.1, 0.15) is 31.9 Å². The predicted octanol–water partition coefficient (Wildman–Crippen LogP) is 1.32. The van der Waals surface area contributed by atoms with Gasteiger partial charge in [-0.25, -0.2) is 4.52 Å². The molecule has 0 aliphatic carbocycles. The normalized spacial score (nSPS) is 13.1. The minimum Gasteiger partial charge on any atom is -0.328 e. The van der Waals surface area contributed by atoms with E-state index in [9.17, 15) is 4.79 Å². The van der Waals surface area contributed by atoms with E-state index in [4.69, 9.17) is 5.73 Å². The van der Waals surface area contributed by atoms with Crippen LogP contribution in [0, 0.1) is 6.92 Å². The lowest BCUT2D eigenvalue weighted by molar-refractivity contribution is 0.540. The molecule has 0 amide bonds. The Morgan fingerprint density at radius 1 is 1.39 bits per heavy atom. The summed E-state index contributed by atoms with van der Waals surface area (Å²) < 4.78 is 3.38. The molecular formula is C13H20N4O. The third-order valence-electron chi connectivity index (χ3n) is 3.03. The molecule has 0 fully saturated rings. The summed E-state index contributed by atoms with van der Waals surface area (Å²) in [6.45, 7) is 4.64. The van der Waals surface area contributed by atoms with Crippen molar-refractivity contribution in [2.45, 2.75) is 45.7 Å². The monoisotopic (exact) mass is 248 g/mol. The van der Waals surface area contributed by atoms with Crippen LogP contribution in [0.4, 0.5) is 0 Å². The number of aryl methyl sites for hydroxylation is 2. The van der Waals surface area contributed by atoms with Crippen molar-refractivity contribution in [1.29, 1.82) is 0 Å². The number of unbranched alkanes of at least 4 members (excludes halogenated alkanes) is 1. The highest BCUT2D eigenvalue weighted by molar-refractivity contribution is 5.44. The Hall–Kier alpha value is -1.62. The number of nitrogens with zero attached hydrogens (tertiary/aromatic N) is 3. The zero-order chi connectivity index (χ0) is 13.1. The summed E-state index contributed by atoms with van der Waals surface area (Å²) >= 11 is 0. The fraction of sp³-hybridized carbons (Fsp3) is 0.538. The molecule has 0 bridgehead atoms. The highest BCUT2D eigenvalue weighted by Crippen LogP contribution is 2.03. The van der Waals surface area contributed by atoms with E-state index in [2.05, 4.69) is 5.10 Å². The van der Waals surface area contributed by atoms with Crippen LogP contribution in [0.5, 0.6) is 0 Å². The van der Waals surface area contributed by atoms with Gasteiger partial charge in [0.2, 0.25) is 0 Å². The standard InChI is InChI=1S/C13H20N4O/c1-10(14)5-3-4-6-16-7-8-17-12(13(16)18)9-11(2)15-17/h7-10H,3-6,14H2,1-2H3. The van der Waals surface area contributed by atoms with Crippen LogP contribution in [0.25, 0.3) is 5.52 Å². The lowest BCUT2D eigenvalue weighted by Crippen LogP contribution is -2.21. The van der Waals surface area contributed by atoms with Crippen LogP contribution in [-0.2, 0) is 6.54 Å². The molecule has 98 valence electrons. The van der Waals surface area contributed by atoms with Crippen molar-refractivity contribution in [3.8, 4) is 0 Å². The maximum atomic E-state index is 12.1. The van der Waals surface area contributed by atoms with E-state index in [0.717, 1.165) is 31.5 Å². The molecule has 1 unspecified atom stereocenters. The van der Waals surface area contributed by atoms with Crippen LogP contribution < -0.4 is 11.3 Å². The molecule has 0 aromatic carbocycles. The molecule has 0 aliphatic heterocycles. The van der Waals surface area contributed by atoms with Crippen molar-refractivity contribution < 1.29 is 0 Å². The van der Waals surface area contributed by atoms with Crippen LogP contribution in [-0.4, -0.2) is 20.2 Å². The second-order valence-electron chi connectivity index (χ2n) is 4.89. The molecule has 2 rings (SSSR count). The van der Waals surface area contributed by atoms with Crippen LogP contribution in [0.2, 0.25) is 0 Å². The van der Waals surface area contributed by atoms with Gasteiger partial charge < -0.3 is 10.3 Å². The molecular weight excluding hydrogens is 228 g/mol. The van der Waals surface area contributed by atoms with Crippen molar-refractivity contribution in [1.82, 2.24) is 14.2 Å². The quantitative estimate of drug-likeness (QED) is 0.812. The first-order valence-electron chi connectivity index (χ1n) is 6.39. The third-order valence-corrected chi connectivity index (χ3v) is 3.03. The predicted molar refractivity (Wildman–Crippen MR) is 71.7 cm³/mol. The summed E-state index contributed by atoms with van der Waals surface area (Å²) in [5, 5.41) is 4.22. The molecule has 2 aromatic heterocycles. The Labute approximate surface area is 106 Å². The molecule has 0 saturated carbocycles. The first-order valence-corrected chi connectivity index (χ1v) is 6.39.